The van der Waals surface area contributed by atoms with Crippen molar-refractivity contribution >= 4 is 18.3 Å². The van der Waals surface area contributed by atoms with Gasteiger partial charge in [0.1, 0.15) is 11.4 Å². The highest BCUT2D eigenvalue weighted by Gasteiger charge is 2.50. The third kappa shape index (κ3) is 3.42. The molecule has 2 aliphatic heterocycles. The molecule has 0 unspecified atom stereocenters. The van der Waals surface area contributed by atoms with Crippen LogP contribution in [0.15, 0.2) is 30.3 Å². The number of hydrogen-bond acceptors (Lipinski definition) is 3. The van der Waals surface area contributed by atoms with Crippen molar-refractivity contribution in [1.82, 2.24) is 15.2 Å². The third-order valence-electron chi connectivity index (χ3n) is 6.04. The molecule has 1 aromatic heterocycles. The van der Waals surface area contributed by atoms with Crippen LogP contribution in [0.3, 0.4) is 0 Å². The Morgan fingerprint density at radius 2 is 2.11 bits per heavy atom. The number of halogens is 2. The number of aryl methyl sites for hydroxylation is 2. The summed E-state index contributed by atoms with van der Waals surface area (Å²) in [5.41, 5.74) is 3.50. The Bertz CT molecular complexity index is 903. The summed E-state index contributed by atoms with van der Waals surface area (Å²) in [5.74, 6) is 0.0274. The number of nitrogens with one attached hydrogen (secondary N) is 1. The summed E-state index contributed by atoms with van der Waals surface area (Å²) in [6.45, 7) is 4.69. The standard InChI is InChI=1S/C22H26FN3O.ClH/c1-4-15-6-5-7-17(20(15)23)16-12-14(2)24-19(13-16)18-8-9-22(25-18)10-11-26(3)21(22)27;/h5-7,12-13,18,25H,4,8-11H2,1-3H3;1H/t18-,22+;/m1./s1. The molecule has 1 N–H and O–H groups in total. The minimum atomic E-state index is -0.446. The molecule has 2 aromatic rings. The fourth-order valence-electron chi connectivity index (χ4n) is 4.49. The first-order chi connectivity index (χ1) is 12.9. The van der Waals surface area contributed by atoms with Gasteiger partial charge in [-0.05, 0) is 55.9 Å². The van der Waals surface area contributed by atoms with E-state index in [4.69, 9.17) is 4.98 Å². The highest BCUT2D eigenvalue weighted by Crippen LogP contribution is 2.39. The first-order valence-electron chi connectivity index (χ1n) is 9.73. The maximum absolute atomic E-state index is 14.8. The van der Waals surface area contributed by atoms with E-state index in [0.29, 0.717) is 12.0 Å². The molecule has 150 valence electrons. The topological polar surface area (TPSA) is 45.2 Å². The number of carbonyl (C=O) groups excluding carboxylic acids is 1. The van der Waals surface area contributed by atoms with Gasteiger partial charge in [-0.1, -0.05) is 25.1 Å². The molecule has 4 rings (SSSR count). The van der Waals surface area contributed by atoms with E-state index in [0.717, 1.165) is 48.3 Å². The zero-order chi connectivity index (χ0) is 19.2. The van der Waals surface area contributed by atoms with Crippen LogP contribution in [0.5, 0.6) is 0 Å². The largest absolute Gasteiger partial charge is 0.344 e. The quantitative estimate of drug-likeness (QED) is 0.835. The lowest BCUT2D eigenvalue weighted by Crippen LogP contribution is -2.47. The van der Waals surface area contributed by atoms with Crippen molar-refractivity contribution in [2.45, 2.75) is 51.1 Å². The molecule has 0 saturated carbocycles. The van der Waals surface area contributed by atoms with Crippen molar-refractivity contribution in [3.05, 3.63) is 53.1 Å². The van der Waals surface area contributed by atoms with E-state index in [-0.39, 0.29) is 30.2 Å². The molecule has 4 nitrogen and oxygen atoms in total. The highest BCUT2D eigenvalue weighted by molar-refractivity contribution is 5.88. The van der Waals surface area contributed by atoms with Gasteiger partial charge >= 0.3 is 0 Å². The van der Waals surface area contributed by atoms with Crippen LogP contribution >= 0.6 is 12.4 Å². The monoisotopic (exact) mass is 403 g/mol. The van der Waals surface area contributed by atoms with Crippen LogP contribution in [0.25, 0.3) is 11.1 Å². The van der Waals surface area contributed by atoms with Gasteiger partial charge in [0.25, 0.3) is 0 Å². The van der Waals surface area contributed by atoms with Crippen molar-refractivity contribution in [2.75, 3.05) is 13.6 Å². The zero-order valence-corrected chi connectivity index (χ0v) is 17.4. The number of nitrogens with zero attached hydrogens (tertiary/aromatic N) is 2. The number of likely N-dealkylation sites (tertiary alicyclic amines) is 1. The molecular formula is C22H27ClFN3O. The van der Waals surface area contributed by atoms with Crippen LogP contribution in [-0.2, 0) is 11.2 Å². The third-order valence-corrected chi connectivity index (χ3v) is 6.04. The number of aromatic nitrogens is 1. The Labute approximate surface area is 172 Å². The number of amides is 1. The summed E-state index contributed by atoms with van der Waals surface area (Å²) in [6.07, 6.45) is 3.20. The summed E-state index contributed by atoms with van der Waals surface area (Å²) in [5, 5.41) is 3.56. The molecule has 1 amide bonds. The van der Waals surface area contributed by atoms with Gasteiger partial charge in [-0.15, -0.1) is 12.4 Å². The smallest absolute Gasteiger partial charge is 0.242 e. The molecule has 2 fully saturated rings. The van der Waals surface area contributed by atoms with Gasteiger partial charge in [0, 0.05) is 24.8 Å². The lowest BCUT2D eigenvalue weighted by Gasteiger charge is -2.23. The SMILES string of the molecule is CCc1cccc(-c2cc(C)nc([C@H]3CC[C@@]4(CCN(C)C4=O)N3)c2)c1F.Cl. The van der Waals surface area contributed by atoms with E-state index in [1.807, 2.05) is 51.2 Å². The zero-order valence-electron chi connectivity index (χ0n) is 16.6. The lowest BCUT2D eigenvalue weighted by molar-refractivity contribution is -0.131. The normalized spacial score (nSPS) is 24.1. The average molecular weight is 404 g/mol. The summed E-state index contributed by atoms with van der Waals surface area (Å²) < 4.78 is 14.8. The number of carbonyl (C=O) groups is 1. The maximum Gasteiger partial charge on any atom is 0.242 e. The van der Waals surface area contributed by atoms with Crippen LogP contribution in [0.1, 0.15) is 49.2 Å². The Morgan fingerprint density at radius 3 is 2.79 bits per heavy atom. The van der Waals surface area contributed by atoms with Crippen LogP contribution < -0.4 is 5.32 Å². The summed E-state index contributed by atoms with van der Waals surface area (Å²) >= 11 is 0. The van der Waals surface area contributed by atoms with Crippen molar-refractivity contribution in [1.29, 1.82) is 0 Å². The van der Waals surface area contributed by atoms with Gasteiger partial charge in [0.05, 0.1) is 11.7 Å². The van der Waals surface area contributed by atoms with Gasteiger partial charge in [-0.3, -0.25) is 15.1 Å². The molecule has 2 saturated heterocycles. The Morgan fingerprint density at radius 1 is 1.32 bits per heavy atom. The number of pyridine rings is 1. The Balaban J connectivity index is 0.00000225. The fraction of sp³-hybridized carbons (Fsp3) is 0.455. The van der Waals surface area contributed by atoms with E-state index >= 15 is 0 Å². The molecule has 2 atom stereocenters. The number of rotatable bonds is 3. The van der Waals surface area contributed by atoms with E-state index in [1.165, 1.54) is 0 Å². The summed E-state index contributed by atoms with van der Waals surface area (Å²) in [7, 11) is 1.86. The maximum atomic E-state index is 14.8. The predicted octanol–water partition coefficient (Wildman–Crippen LogP) is 4.21. The van der Waals surface area contributed by atoms with Gasteiger partial charge in [-0.2, -0.15) is 0 Å². The molecule has 0 radical (unpaired) electrons. The predicted molar refractivity (Wildman–Crippen MR) is 111 cm³/mol. The Hall–Kier alpha value is -1.98. The Kier molecular flexibility index (Phi) is 5.78. The molecule has 28 heavy (non-hydrogen) atoms. The molecular weight excluding hydrogens is 377 g/mol. The van der Waals surface area contributed by atoms with Gasteiger partial charge in [0.2, 0.25) is 5.91 Å². The van der Waals surface area contributed by atoms with E-state index in [1.54, 1.807) is 4.90 Å². The van der Waals surface area contributed by atoms with E-state index in [9.17, 15) is 9.18 Å². The molecule has 0 aliphatic carbocycles. The van der Waals surface area contributed by atoms with Crippen LogP contribution in [0.2, 0.25) is 0 Å². The molecule has 3 heterocycles. The highest BCUT2D eigenvalue weighted by atomic mass is 35.5. The van der Waals surface area contributed by atoms with E-state index in [2.05, 4.69) is 5.32 Å². The van der Waals surface area contributed by atoms with Gasteiger partial charge in [0.15, 0.2) is 0 Å². The molecule has 6 heteroatoms. The first kappa shape index (κ1) is 20.7. The molecule has 0 bridgehead atoms. The number of benzene rings is 1. The minimum Gasteiger partial charge on any atom is -0.344 e. The van der Waals surface area contributed by atoms with Crippen molar-refractivity contribution in [3.8, 4) is 11.1 Å². The first-order valence-corrected chi connectivity index (χ1v) is 9.73. The molecule has 2 aliphatic rings. The fourth-order valence-corrected chi connectivity index (χ4v) is 4.49. The van der Waals surface area contributed by atoms with Crippen LogP contribution in [-0.4, -0.2) is 34.9 Å². The average Bonchev–Trinajstić information content (AvgIpc) is 3.21. The molecule has 1 spiro atoms. The van der Waals surface area contributed by atoms with Crippen molar-refractivity contribution < 1.29 is 9.18 Å². The van der Waals surface area contributed by atoms with Crippen LogP contribution in [0, 0.1) is 12.7 Å². The summed E-state index contributed by atoms with van der Waals surface area (Å²) in [6, 6.07) is 9.49. The second-order valence-electron chi connectivity index (χ2n) is 7.85. The van der Waals surface area contributed by atoms with Gasteiger partial charge < -0.3 is 4.90 Å². The lowest BCUT2D eigenvalue weighted by atomic mass is 9.96. The number of hydrogen-bond donors (Lipinski definition) is 1. The van der Waals surface area contributed by atoms with E-state index < -0.39 is 5.54 Å². The second-order valence-corrected chi connectivity index (χ2v) is 7.85. The number of likely N-dealkylation sites (N-methyl/N-ethyl adjacent to an activating group) is 1. The van der Waals surface area contributed by atoms with Crippen molar-refractivity contribution in [2.24, 2.45) is 0 Å². The molecule has 1 aromatic carbocycles. The second kappa shape index (κ2) is 7.80. The van der Waals surface area contributed by atoms with Gasteiger partial charge in [-0.25, -0.2) is 4.39 Å². The van der Waals surface area contributed by atoms with Crippen LogP contribution in [0.4, 0.5) is 4.39 Å². The summed E-state index contributed by atoms with van der Waals surface area (Å²) in [4.78, 5) is 19.1. The minimum absolute atomic E-state index is 0. The van der Waals surface area contributed by atoms with Crippen molar-refractivity contribution in [3.63, 3.8) is 0 Å².